The molecule has 0 heterocycles. The van der Waals surface area contributed by atoms with E-state index in [0.717, 1.165) is 12.8 Å². The van der Waals surface area contributed by atoms with E-state index in [0.29, 0.717) is 0 Å². The molecule has 0 aromatic heterocycles. The molecule has 1 atom stereocenters. The number of carbonyl (C=O) groups excluding carboxylic acids is 2. The molecule has 1 unspecified atom stereocenters. The molecule has 4 heteroatoms. The highest BCUT2D eigenvalue weighted by molar-refractivity contribution is 5.86. The fourth-order valence-corrected chi connectivity index (χ4v) is 1.68. The Kier molecular flexibility index (Phi) is 3.31. The Morgan fingerprint density at radius 3 is 2.12 bits per heavy atom. The van der Waals surface area contributed by atoms with Gasteiger partial charge in [-0.1, -0.05) is 6.92 Å². The minimum absolute atomic E-state index is 0.00846. The van der Waals surface area contributed by atoms with Crippen molar-refractivity contribution in [2.24, 2.45) is 5.41 Å². The fourth-order valence-electron chi connectivity index (χ4n) is 1.68. The van der Waals surface area contributed by atoms with Gasteiger partial charge < -0.3 is 10.1 Å². The third kappa shape index (κ3) is 3.51. The lowest BCUT2D eigenvalue weighted by atomic mass is 9.96. The summed E-state index contributed by atoms with van der Waals surface area (Å²) < 4.78 is 5.14. The van der Waals surface area contributed by atoms with Crippen molar-refractivity contribution >= 4 is 11.9 Å². The number of amides is 1. The Bertz CT molecular complexity index is 300. The number of carbonyl (C=O) groups is 2. The van der Waals surface area contributed by atoms with Gasteiger partial charge in [0.1, 0.15) is 5.60 Å². The van der Waals surface area contributed by atoms with Gasteiger partial charge in [-0.05, 0) is 46.0 Å². The van der Waals surface area contributed by atoms with E-state index in [1.165, 1.54) is 6.92 Å². The Balaban J connectivity index is 2.57. The topological polar surface area (TPSA) is 55.4 Å². The molecule has 1 saturated carbocycles. The minimum atomic E-state index is -0.532. The van der Waals surface area contributed by atoms with Gasteiger partial charge in [-0.25, -0.2) is 4.79 Å². The van der Waals surface area contributed by atoms with Crippen LogP contribution in [0.25, 0.3) is 0 Å². The van der Waals surface area contributed by atoms with E-state index in [2.05, 4.69) is 5.32 Å². The van der Waals surface area contributed by atoms with E-state index in [-0.39, 0.29) is 11.2 Å². The molecule has 1 fully saturated rings. The Morgan fingerprint density at radius 1 is 1.31 bits per heavy atom. The van der Waals surface area contributed by atoms with Crippen LogP contribution in [0.2, 0.25) is 0 Å². The maximum Gasteiger partial charge on any atom is 0.408 e. The summed E-state index contributed by atoms with van der Waals surface area (Å²) in [5, 5.41) is 2.66. The third-order valence-electron chi connectivity index (χ3n) is 2.80. The van der Waals surface area contributed by atoms with Crippen LogP contribution >= 0.6 is 0 Å². The summed E-state index contributed by atoms with van der Waals surface area (Å²) in [6.45, 7) is 8.92. The lowest BCUT2D eigenvalue weighted by Gasteiger charge is -2.25. The zero-order chi connectivity index (χ0) is 12.6. The van der Waals surface area contributed by atoms with E-state index in [4.69, 9.17) is 4.74 Å². The largest absolute Gasteiger partial charge is 0.444 e. The van der Waals surface area contributed by atoms with Gasteiger partial charge in [0.2, 0.25) is 0 Å². The van der Waals surface area contributed by atoms with E-state index in [9.17, 15) is 9.59 Å². The molecule has 0 aliphatic heterocycles. The summed E-state index contributed by atoms with van der Waals surface area (Å²) >= 11 is 0. The molecule has 0 saturated heterocycles. The number of hydrogen-bond donors (Lipinski definition) is 1. The molecule has 92 valence electrons. The number of Topliss-reactive ketones (excluding diaryl/α,β-unsaturated/α-hetero) is 1. The maximum absolute atomic E-state index is 11.6. The van der Waals surface area contributed by atoms with Crippen LogP contribution in [0.5, 0.6) is 0 Å². The van der Waals surface area contributed by atoms with E-state index < -0.39 is 17.7 Å². The van der Waals surface area contributed by atoms with E-state index >= 15 is 0 Å². The molecule has 0 spiro atoms. The molecule has 0 aromatic carbocycles. The van der Waals surface area contributed by atoms with Gasteiger partial charge in [-0.15, -0.1) is 0 Å². The zero-order valence-electron chi connectivity index (χ0n) is 10.7. The van der Waals surface area contributed by atoms with Gasteiger partial charge >= 0.3 is 6.09 Å². The predicted octanol–water partition coefficient (Wildman–Crippen LogP) is 2.27. The molecule has 4 nitrogen and oxygen atoms in total. The second kappa shape index (κ2) is 4.07. The van der Waals surface area contributed by atoms with Crippen molar-refractivity contribution < 1.29 is 14.3 Å². The number of nitrogens with one attached hydrogen (secondary N) is 1. The van der Waals surface area contributed by atoms with Crippen molar-refractivity contribution in [2.45, 2.75) is 59.1 Å². The van der Waals surface area contributed by atoms with Gasteiger partial charge in [0.15, 0.2) is 5.78 Å². The van der Waals surface area contributed by atoms with E-state index in [1.807, 2.05) is 6.92 Å². The molecular weight excluding hydrogens is 206 g/mol. The summed E-state index contributed by atoms with van der Waals surface area (Å²) in [6.07, 6.45) is 1.45. The average molecular weight is 227 g/mol. The van der Waals surface area contributed by atoms with Gasteiger partial charge in [-0.3, -0.25) is 4.79 Å². The molecule has 1 rings (SSSR count). The summed E-state index contributed by atoms with van der Waals surface area (Å²) in [6, 6.07) is -0.414. The third-order valence-corrected chi connectivity index (χ3v) is 2.80. The standard InChI is InChI=1S/C12H21NO3/c1-8(14)9(12(5)6-7-12)13-10(15)16-11(2,3)4/h9H,6-7H2,1-5H3,(H,13,15). The lowest BCUT2D eigenvalue weighted by Crippen LogP contribution is -2.47. The van der Waals surface area contributed by atoms with Crippen molar-refractivity contribution in [2.75, 3.05) is 0 Å². The molecule has 0 aromatic rings. The van der Waals surface area contributed by atoms with Crippen LogP contribution < -0.4 is 5.32 Å². The second-order valence-corrected chi connectivity index (χ2v) is 5.84. The average Bonchev–Trinajstić information content (AvgIpc) is 2.76. The summed E-state index contributed by atoms with van der Waals surface area (Å²) in [7, 11) is 0. The van der Waals surface area contributed by atoms with E-state index in [1.54, 1.807) is 20.8 Å². The monoisotopic (exact) mass is 227 g/mol. The first kappa shape index (κ1) is 13.0. The first-order chi connectivity index (χ1) is 7.14. The second-order valence-electron chi connectivity index (χ2n) is 5.84. The number of ketones is 1. The minimum Gasteiger partial charge on any atom is -0.444 e. The highest BCUT2D eigenvalue weighted by Crippen LogP contribution is 2.48. The maximum atomic E-state index is 11.6. The molecule has 1 aliphatic carbocycles. The molecule has 1 N–H and O–H groups in total. The first-order valence-corrected chi connectivity index (χ1v) is 5.64. The van der Waals surface area contributed by atoms with Crippen molar-refractivity contribution in [3.05, 3.63) is 0 Å². The number of hydrogen-bond acceptors (Lipinski definition) is 3. The molecule has 0 bridgehead atoms. The molecular formula is C12H21NO3. The molecule has 1 aliphatic rings. The first-order valence-electron chi connectivity index (χ1n) is 5.64. The molecule has 1 amide bonds. The number of rotatable bonds is 3. The summed E-state index contributed by atoms with van der Waals surface area (Å²) in [5.74, 6) is -0.00846. The van der Waals surface area contributed by atoms with Crippen molar-refractivity contribution in [1.82, 2.24) is 5.32 Å². The smallest absolute Gasteiger partial charge is 0.408 e. The van der Waals surface area contributed by atoms with Gasteiger partial charge in [0.25, 0.3) is 0 Å². The van der Waals surface area contributed by atoms with Gasteiger partial charge in [0, 0.05) is 0 Å². The summed E-state index contributed by atoms with van der Waals surface area (Å²) in [4.78, 5) is 23.0. The van der Waals surface area contributed by atoms with Crippen LogP contribution in [0.4, 0.5) is 4.79 Å². The predicted molar refractivity (Wildman–Crippen MR) is 61.2 cm³/mol. The van der Waals surface area contributed by atoms with Crippen molar-refractivity contribution in [3.8, 4) is 0 Å². The highest BCUT2D eigenvalue weighted by atomic mass is 16.6. The Morgan fingerprint density at radius 2 is 1.81 bits per heavy atom. The van der Waals surface area contributed by atoms with Crippen LogP contribution in [0.15, 0.2) is 0 Å². The quantitative estimate of drug-likeness (QED) is 0.804. The van der Waals surface area contributed by atoms with Gasteiger partial charge in [-0.2, -0.15) is 0 Å². The molecule has 0 radical (unpaired) electrons. The van der Waals surface area contributed by atoms with Crippen molar-refractivity contribution in [3.63, 3.8) is 0 Å². The Hall–Kier alpha value is -1.06. The van der Waals surface area contributed by atoms with Crippen molar-refractivity contribution in [1.29, 1.82) is 0 Å². The lowest BCUT2D eigenvalue weighted by molar-refractivity contribution is -0.120. The fraction of sp³-hybridized carbons (Fsp3) is 0.833. The van der Waals surface area contributed by atoms with Crippen LogP contribution in [-0.4, -0.2) is 23.5 Å². The summed E-state index contributed by atoms with van der Waals surface area (Å²) in [5.41, 5.74) is -0.599. The molecule has 16 heavy (non-hydrogen) atoms. The van der Waals surface area contributed by atoms with Crippen LogP contribution in [0, 0.1) is 5.41 Å². The highest BCUT2D eigenvalue weighted by Gasteiger charge is 2.48. The van der Waals surface area contributed by atoms with Crippen LogP contribution in [0.1, 0.15) is 47.5 Å². The number of alkyl carbamates (subject to hydrolysis) is 1. The van der Waals surface area contributed by atoms with Crippen LogP contribution in [-0.2, 0) is 9.53 Å². The normalized spacial score (nSPS) is 19.8. The number of ether oxygens (including phenoxy) is 1. The zero-order valence-corrected chi connectivity index (χ0v) is 10.7. The van der Waals surface area contributed by atoms with Crippen LogP contribution in [0.3, 0.4) is 0 Å². The van der Waals surface area contributed by atoms with Gasteiger partial charge in [0.05, 0.1) is 6.04 Å². The Labute approximate surface area is 96.7 Å². The SMILES string of the molecule is CC(=O)C(NC(=O)OC(C)(C)C)C1(C)CC1.